The van der Waals surface area contributed by atoms with Crippen LogP contribution in [0.2, 0.25) is 5.02 Å². The summed E-state index contributed by atoms with van der Waals surface area (Å²) in [5.41, 5.74) is 3.35. The molecule has 1 fully saturated rings. The molecule has 2 aromatic carbocycles. The smallest absolute Gasteiger partial charge is 0.242 e. The maximum Gasteiger partial charge on any atom is 0.242 e. The van der Waals surface area contributed by atoms with Crippen LogP contribution in [0.3, 0.4) is 0 Å². The monoisotopic (exact) mass is 427 g/mol. The largest absolute Gasteiger partial charge is 0.354 e. The van der Waals surface area contributed by atoms with Crippen LogP contribution in [0.25, 0.3) is 0 Å². The van der Waals surface area contributed by atoms with E-state index in [9.17, 15) is 9.59 Å². The van der Waals surface area contributed by atoms with Gasteiger partial charge in [-0.25, -0.2) is 0 Å². The standard InChI is InChI=1S/C24H30ClN3O2/c1-3-21(23(29)26-12-11-18-10-9-16(2)13-20(18)25)28-24(30)22-14-19(15-27-22)17-7-5-4-6-8-17/h4-10,13,19,21-22,27H,3,11-12,14-15H2,1-2H3,(H,26,29)(H,28,30). The van der Waals surface area contributed by atoms with Gasteiger partial charge in [0, 0.05) is 18.1 Å². The second-order valence-electron chi connectivity index (χ2n) is 7.91. The molecular formula is C24H30ClN3O2. The number of rotatable bonds is 8. The zero-order valence-electron chi connectivity index (χ0n) is 17.6. The van der Waals surface area contributed by atoms with E-state index < -0.39 is 6.04 Å². The summed E-state index contributed by atoms with van der Waals surface area (Å²) < 4.78 is 0. The molecule has 0 saturated carbocycles. The Morgan fingerprint density at radius 3 is 2.67 bits per heavy atom. The van der Waals surface area contributed by atoms with Gasteiger partial charge in [0.1, 0.15) is 6.04 Å². The summed E-state index contributed by atoms with van der Waals surface area (Å²) >= 11 is 6.26. The highest BCUT2D eigenvalue weighted by atomic mass is 35.5. The third-order valence-electron chi connectivity index (χ3n) is 5.66. The summed E-state index contributed by atoms with van der Waals surface area (Å²) in [4.78, 5) is 25.3. The van der Waals surface area contributed by atoms with Gasteiger partial charge in [-0.1, -0.05) is 61.0 Å². The number of aryl methyl sites for hydroxylation is 1. The van der Waals surface area contributed by atoms with Crippen molar-refractivity contribution in [1.29, 1.82) is 0 Å². The molecule has 5 nitrogen and oxygen atoms in total. The Hall–Kier alpha value is -2.37. The van der Waals surface area contributed by atoms with E-state index >= 15 is 0 Å². The first kappa shape index (κ1) is 22.3. The zero-order chi connectivity index (χ0) is 21.5. The average molecular weight is 428 g/mol. The molecule has 3 rings (SSSR count). The Morgan fingerprint density at radius 2 is 1.97 bits per heavy atom. The third-order valence-corrected chi connectivity index (χ3v) is 6.01. The Labute approximate surface area is 183 Å². The second-order valence-corrected chi connectivity index (χ2v) is 8.32. The lowest BCUT2D eigenvalue weighted by atomic mass is 9.96. The van der Waals surface area contributed by atoms with E-state index in [0.717, 1.165) is 24.1 Å². The number of halogens is 1. The van der Waals surface area contributed by atoms with Gasteiger partial charge in [0.15, 0.2) is 0 Å². The van der Waals surface area contributed by atoms with Crippen molar-refractivity contribution in [2.45, 2.75) is 51.1 Å². The third kappa shape index (κ3) is 5.83. The van der Waals surface area contributed by atoms with Gasteiger partial charge in [-0.05, 0) is 54.9 Å². The molecule has 0 aliphatic carbocycles. The minimum atomic E-state index is -0.538. The van der Waals surface area contributed by atoms with Gasteiger partial charge in [-0.2, -0.15) is 0 Å². The number of hydrogen-bond donors (Lipinski definition) is 3. The van der Waals surface area contributed by atoms with Crippen LogP contribution in [0.15, 0.2) is 48.5 Å². The summed E-state index contributed by atoms with van der Waals surface area (Å²) in [6.07, 6.45) is 1.93. The van der Waals surface area contributed by atoms with Gasteiger partial charge in [-0.15, -0.1) is 0 Å². The minimum Gasteiger partial charge on any atom is -0.354 e. The number of benzene rings is 2. The Morgan fingerprint density at radius 1 is 1.20 bits per heavy atom. The molecule has 1 heterocycles. The van der Waals surface area contributed by atoms with Crippen LogP contribution in [-0.2, 0) is 16.0 Å². The molecule has 1 aliphatic rings. The fourth-order valence-corrected chi connectivity index (χ4v) is 4.17. The van der Waals surface area contributed by atoms with Crippen molar-refractivity contribution >= 4 is 23.4 Å². The van der Waals surface area contributed by atoms with E-state index in [0.29, 0.717) is 30.3 Å². The summed E-state index contributed by atoms with van der Waals surface area (Å²) in [6.45, 7) is 5.14. The first-order valence-electron chi connectivity index (χ1n) is 10.6. The summed E-state index contributed by atoms with van der Waals surface area (Å²) in [6, 6.07) is 15.3. The number of amides is 2. The molecule has 3 unspecified atom stereocenters. The predicted molar refractivity (Wildman–Crippen MR) is 121 cm³/mol. The van der Waals surface area contributed by atoms with Crippen LogP contribution in [0, 0.1) is 6.92 Å². The van der Waals surface area contributed by atoms with Crippen LogP contribution >= 0.6 is 11.6 Å². The van der Waals surface area contributed by atoms with Crippen LogP contribution in [0.5, 0.6) is 0 Å². The lowest BCUT2D eigenvalue weighted by Gasteiger charge is -2.19. The molecule has 3 N–H and O–H groups in total. The van der Waals surface area contributed by atoms with Gasteiger partial charge >= 0.3 is 0 Å². The van der Waals surface area contributed by atoms with Crippen molar-refractivity contribution in [1.82, 2.24) is 16.0 Å². The van der Waals surface area contributed by atoms with Crippen LogP contribution in [-0.4, -0.2) is 37.0 Å². The molecule has 1 aliphatic heterocycles. The van der Waals surface area contributed by atoms with Crippen LogP contribution in [0.4, 0.5) is 0 Å². The van der Waals surface area contributed by atoms with E-state index in [-0.39, 0.29) is 17.9 Å². The maximum atomic E-state index is 12.7. The van der Waals surface area contributed by atoms with Crippen molar-refractivity contribution in [3.63, 3.8) is 0 Å². The molecule has 1 saturated heterocycles. The van der Waals surface area contributed by atoms with Crippen molar-refractivity contribution in [3.8, 4) is 0 Å². The number of carbonyl (C=O) groups is 2. The first-order chi connectivity index (χ1) is 14.5. The Bertz CT molecular complexity index is 872. The molecule has 0 aromatic heterocycles. The molecule has 2 amide bonds. The molecule has 0 radical (unpaired) electrons. The molecule has 3 atom stereocenters. The normalized spacial score (nSPS) is 19.3. The highest BCUT2D eigenvalue weighted by Crippen LogP contribution is 2.25. The molecule has 0 bridgehead atoms. The van der Waals surface area contributed by atoms with E-state index in [1.54, 1.807) is 0 Å². The number of hydrogen-bond acceptors (Lipinski definition) is 3. The first-order valence-corrected chi connectivity index (χ1v) is 11.0. The SMILES string of the molecule is CCC(NC(=O)C1CC(c2ccccc2)CN1)C(=O)NCCc1ccc(C)cc1Cl. The molecule has 6 heteroatoms. The maximum absolute atomic E-state index is 12.7. The van der Waals surface area contributed by atoms with E-state index in [1.165, 1.54) is 5.56 Å². The lowest BCUT2D eigenvalue weighted by Crippen LogP contribution is -2.51. The molecule has 0 spiro atoms. The van der Waals surface area contributed by atoms with Gasteiger partial charge in [-0.3, -0.25) is 9.59 Å². The van der Waals surface area contributed by atoms with Crippen molar-refractivity contribution < 1.29 is 9.59 Å². The predicted octanol–water partition coefficient (Wildman–Crippen LogP) is 3.35. The Kier molecular flexibility index (Phi) is 7.88. The lowest BCUT2D eigenvalue weighted by molar-refractivity contribution is -0.129. The van der Waals surface area contributed by atoms with E-state index in [1.807, 2.05) is 50.2 Å². The fraction of sp³-hybridized carbons (Fsp3) is 0.417. The summed E-state index contributed by atoms with van der Waals surface area (Å²) in [7, 11) is 0. The van der Waals surface area contributed by atoms with Crippen molar-refractivity contribution in [2.75, 3.05) is 13.1 Å². The number of nitrogens with one attached hydrogen (secondary N) is 3. The van der Waals surface area contributed by atoms with Gasteiger partial charge in [0.2, 0.25) is 11.8 Å². The summed E-state index contributed by atoms with van der Waals surface area (Å²) in [5, 5.41) is 9.83. The summed E-state index contributed by atoms with van der Waals surface area (Å²) in [5.74, 6) is 0.0406. The Balaban J connectivity index is 1.47. The van der Waals surface area contributed by atoms with Crippen LogP contribution < -0.4 is 16.0 Å². The molecule has 30 heavy (non-hydrogen) atoms. The van der Waals surface area contributed by atoms with Gasteiger partial charge in [0.05, 0.1) is 6.04 Å². The second kappa shape index (κ2) is 10.6. The highest BCUT2D eigenvalue weighted by Gasteiger charge is 2.32. The quantitative estimate of drug-likeness (QED) is 0.605. The van der Waals surface area contributed by atoms with Gasteiger partial charge in [0.25, 0.3) is 0 Å². The zero-order valence-corrected chi connectivity index (χ0v) is 18.3. The highest BCUT2D eigenvalue weighted by molar-refractivity contribution is 6.31. The average Bonchev–Trinajstić information content (AvgIpc) is 3.24. The molecule has 2 aromatic rings. The van der Waals surface area contributed by atoms with Crippen molar-refractivity contribution in [2.24, 2.45) is 0 Å². The minimum absolute atomic E-state index is 0.114. The van der Waals surface area contributed by atoms with Crippen molar-refractivity contribution in [3.05, 3.63) is 70.2 Å². The number of carbonyl (C=O) groups excluding carboxylic acids is 2. The molecule has 160 valence electrons. The van der Waals surface area contributed by atoms with E-state index in [4.69, 9.17) is 11.6 Å². The van der Waals surface area contributed by atoms with E-state index in [2.05, 4.69) is 28.1 Å². The topological polar surface area (TPSA) is 70.2 Å². The fourth-order valence-electron chi connectivity index (χ4n) is 3.84. The molecular weight excluding hydrogens is 398 g/mol. The van der Waals surface area contributed by atoms with Crippen LogP contribution in [0.1, 0.15) is 42.4 Å². The van der Waals surface area contributed by atoms with Gasteiger partial charge < -0.3 is 16.0 Å².